The minimum absolute atomic E-state index is 0.259. The van der Waals surface area contributed by atoms with Gasteiger partial charge in [0, 0.05) is 5.56 Å². The molecule has 0 spiro atoms. The number of rotatable bonds is 0. The Balaban J connectivity index is 3.07. The molecule has 2 aromatic heterocycles. The van der Waals surface area contributed by atoms with Crippen LogP contribution in [0.5, 0.6) is 0 Å². The normalized spacial score (nSPS) is 10.8. The SMILES string of the molecule is Cc1c(F)cn2nc[nH]c(=O)c12. The summed E-state index contributed by atoms with van der Waals surface area (Å²) in [6, 6.07) is 0. The van der Waals surface area contributed by atoms with Crippen LogP contribution in [-0.2, 0) is 0 Å². The van der Waals surface area contributed by atoms with Gasteiger partial charge in [0.25, 0.3) is 5.56 Å². The van der Waals surface area contributed by atoms with Gasteiger partial charge in [-0.1, -0.05) is 0 Å². The summed E-state index contributed by atoms with van der Waals surface area (Å²) in [6.07, 6.45) is 2.41. The molecule has 0 saturated carbocycles. The molecule has 2 rings (SSSR count). The second-order valence-electron chi connectivity index (χ2n) is 2.51. The number of H-pyrrole nitrogens is 1. The number of hydrogen-bond acceptors (Lipinski definition) is 2. The van der Waals surface area contributed by atoms with Crippen molar-refractivity contribution in [3.63, 3.8) is 0 Å². The average Bonchev–Trinajstić information content (AvgIpc) is 2.29. The molecule has 0 bridgehead atoms. The fourth-order valence-corrected chi connectivity index (χ4v) is 1.14. The Morgan fingerprint density at radius 3 is 3.08 bits per heavy atom. The lowest BCUT2D eigenvalue weighted by Crippen LogP contribution is -2.10. The quantitative estimate of drug-likeness (QED) is 0.620. The number of nitrogens with zero attached hydrogens (tertiary/aromatic N) is 2. The van der Waals surface area contributed by atoms with Crippen LogP contribution in [0.1, 0.15) is 5.56 Å². The summed E-state index contributed by atoms with van der Waals surface area (Å²) < 4.78 is 14.1. The predicted molar refractivity (Wildman–Crippen MR) is 40.5 cm³/mol. The molecule has 2 heterocycles. The molecule has 0 amide bonds. The van der Waals surface area contributed by atoms with E-state index in [4.69, 9.17) is 0 Å². The van der Waals surface area contributed by atoms with Crippen molar-refractivity contribution in [3.05, 3.63) is 34.3 Å². The summed E-state index contributed by atoms with van der Waals surface area (Å²) in [5.74, 6) is -0.417. The number of hydrogen-bond donors (Lipinski definition) is 1. The first-order chi connectivity index (χ1) is 5.70. The first-order valence-electron chi connectivity index (χ1n) is 3.41. The van der Waals surface area contributed by atoms with E-state index in [1.54, 1.807) is 6.92 Å². The van der Waals surface area contributed by atoms with Gasteiger partial charge in [0.05, 0.1) is 6.20 Å². The van der Waals surface area contributed by atoms with E-state index in [2.05, 4.69) is 10.1 Å². The van der Waals surface area contributed by atoms with Crippen LogP contribution in [0.25, 0.3) is 5.52 Å². The third-order valence-electron chi connectivity index (χ3n) is 1.77. The largest absolute Gasteiger partial charge is 0.310 e. The molecular formula is C7H6FN3O. The lowest BCUT2D eigenvalue weighted by atomic mass is 10.3. The highest BCUT2D eigenvalue weighted by atomic mass is 19.1. The van der Waals surface area contributed by atoms with E-state index in [-0.39, 0.29) is 11.1 Å². The Morgan fingerprint density at radius 1 is 1.67 bits per heavy atom. The monoisotopic (exact) mass is 167 g/mol. The van der Waals surface area contributed by atoms with Crippen LogP contribution < -0.4 is 5.56 Å². The van der Waals surface area contributed by atoms with E-state index >= 15 is 0 Å². The van der Waals surface area contributed by atoms with Gasteiger partial charge in [0.2, 0.25) is 0 Å². The van der Waals surface area contributed by atoms with Crippen LogP contribution in [0.2, 0.25) is 0 Å². The number of aromatic amines is 1. The zero-order valence-electron chi connectivity index (χ0n) is 6.34. The van der Waals surface area contributed by atoms with Crippen LogP contribution >= 0.6 is 0 Å². The minimum atomic E-state index is -0.417. The van der Waals surface area contributed by atoms with Crippen molar-refractivity contribution in [3.8, 4) is 0 Å². The van der Waals surface area contributed by atoms with Crippen LogP contribution in [0.3, 0.4) is 0 Å². The Hall–Kier alpha value is -1.65. The molecule has 2 aromatic rings. The van der Waals surface area contributed by atoms with E-state index in [1.165, 1.54) is 17.0 Å². The standard InChI is InChI=1S/C7H6FN3O/c1-4-5(8)2-11-6(4)7(12)9-3-10-11/h2-3H,1H3,(H,9,10,12). The summed E-state index contributed by atoms with van der Waals surface area (Å²) in [5.41, 5.74) is 0.255. The van der Waals surface area contributed by atoms with Gasteiger partial charge >= 0.3 is 0 Å². The first-order valence-corrected chi connectivity index (χ1v) is 3.41. The molecule has 0 aromatic carbocycles. The number of fused-ring (bicyclic) bond motifs is 1. The predicted octanol–water partition coefficient (Wildman–Crippen LogP) is 0.470. The van der Waals surface area contributed by atoms with Crippen molar-refractivity contribution in [1.82, 2.24) is 14.6 Å². The highest BCUT2D eigenvalue weighted by molar-refractivity contribution is 5.52. The van der Waals surface area contributed by atoms with E-state index in [9.17, 15) is 9.18 Å². The van der Waals surface area contributed by atoms with Crippen molar-refractivity contribution in [2.45, 2.75) is 6.92 Å². The van der Waals surface area contributed by atoms with Crippen LogP contribution in [0.15, 0.2) is 17.3 Å². The summed E-state index contributed by atoms with van der Waals surface area (Å²) in [5, 5.41) is 3.74. The molecule has 1 N–H and O–H groups in total. The van der Waals surface area contributed by atoms with Crippen molar-refractivity contribution >= 4 is 5.52 Å². The second kappa shape index (κ2) is 2.17. The van der Waals surface area contributed by atoms with Gasteiger partial charge in [0.1, 0.15) is 17.7 Å². The number of aromatic nitrogens is 3. The summed E-state index contributed by atoms with van der Waals surface area (Å²) >= 11 is 0. The lowest BCUT2D eigenvalue weighted by Gasteiger charge is -1.89. The van der Waals surface area contributed by atoms with Crippen molar-refractivity contribution in [2.75, 3.05) is 0 Å². The average molecular weight is 167 g/mol. The molecule has 5 heteroatoms. The van der Waals surface area contributed by atoms with E-state index in [1.807, 2.05) is 0 Å². The van der Waals surface area contributed by atoms with Gasteiger partial charge in [-0.2, -0.15) is 5.10 Å². The topological polar surface area (TPSA) is 50.2 Å². The van der Waals surface area contributed by atoms with Gasteiger partial charge in [-0.3, -0.25) is 4.79 Å². The second-order valence-corrected chi connectivity index (χ2v) is 2.51. The highest BCUT2D eigenvalue weighted by Crippen LogP contribution is 2.09. The lowest BCUT2D eigenvalue weighted by molar-refractivity contribution is 0.618. The number of halogens is 1. The molecule has 0 fully saturated rings. The Kier molecular flexibility index (Phi) is 1.27. The molecule has 0 aliphatic carbocycles. The smallest absolute Gasteiger partial charge is 0.275 e. The summed E-state index contributed by atoms with van der Waals surface area (Å²) in [4.78, 5) is 13.5. The Bertz CT molecular complexity index is 485. The Morgan fingerprint density at radius 2 is 2.42 bits per heavy atom. The number of nitrogens with one attached hydrogen (secondary N) is 1. The zero-order valence-corrected chi connectivity index (χ0v) is 6.34. The first kappa shape index (κ1) is 7.02. The summed E-state index contributed by atoms with van der Waals surface area (Å²) in [6.45, 7) is 1.54. The van der Waals surface area contributed by atoms with Gasteiger partial charge in [0.15, 0.2) is 0 Å². The maximum absolute atomic E-state index is 12.9. The van der Waals surface area contributed by atoms with Crippen LogP contribution in [-0.4, -0.2) is 14.6 Å². The molecule has 0 aliphatic heterocycles. The van der Waals surface area contributed by atoms with Crippen LogP contribution in [0.4, 0.5) is 4.39 Å². The zero-order chi connectivity index (χ0) is 8.72. The fraction of sp³-hybridized carbons (Fsp3) is 0.143. The molecule has 0 radical (unpaired) electrons. The van der Waals surface area contributed by atoms with Gasteiger partial charge < -0.3 is 4.98 Å². The number of aryl methyl sites for hydroxylation is 1. The molecule has 12 heavy (non-hydrogen) atoms. The van der Waals surface area contributed by atoms with E-state index in [0.29, 0.717) is 5.56 Å². The minimum Gasteiger partial charge on any atom is -0.310 e. The molecule has 0 aliphatic rings. The maximum Gasteiger partial charge on any atom is 0.275 e. The third kappa shape index (κ3) is 0.761. The fourth-order valence-electron chi connectivity index (χ4n) is 1.14. The molecular weight excluding hydrogens is 161 g/mol. The van der Waals surface area contributed by atoms with Crippen molar-refractivity contribution in [2.24, 2.45) is 0 Å². The van der Waals surface area contributed by atoms with E-state index in [0.717, 1.165) is 0 Å². The van der Waals surface area contributed by atoms with Gasteiger partial charge in [-0.05, 0) is 6.92 Å². The highest BCUT2D eigenvalue weighted by Gasteiger charge is 2.08. The van der Waals surface area contributed by atoms with Crippen LogP contribution in [0, 0.1) is 12.7 Å². The Labute approximate surface area is 66.6 Å². The molecule has 4 nitrogen and oxygen atoms in total. The van der Waals surface area contributed by atoms with Gasteiger partial charge in [-0.15, -0.1) is 0 Å². The molecule has 0 saturated heterocycles. The van der Waals surface area contributed by atoms with Crippen molar-refractivity contribution < 1.29 is 4.39 Å². The van der Waals surface area contributed by atoms with E-state index < -0.39 is 5.82 Å². The maximum atomic E-state index is 12.9. The molecule has 0 atom stereocenters. The molecule has 62 valence electrons. The van der Waals surface area contributed by atoms with Gasteiger partial charge in [-0.25, -0.2) is 8.91 Å². The molecule has 0 unspecified atom stereocenters. The third-order valence-corrected chi connectivity index (χ3v) is 1.77. The summed E-state index contributed by atoms with van der Waals surface area (Å²) in [7, 11) is 0. The van der Waals surface area contributed by atoms with Crippen molar-refractivity contribution in [1.29, 1.82) is 0 Å².